The van der Waals surface area contributed by atoms with E-state index in [4.69, 9.17) is 4.74 Å². The molecule has 3 nitrogen and oxygen atoms in total. The first-order chi connectivity index (χ1) is 8.79. The zero-order valence-corrected chi connectivity index (χ0v) is 12.7. The monoisotopic (exact) mass is 265 g/mol. The SMILES string of the molecule is CC(C)NC(CO)(COC(C)(C)C)c1ccccc1. The van der Waals surface area contributed by atoms with Crippen molar-refractivity contribution in [3.05, 3.63) is 35.9 Å². The van der Waals surface area contributed by atoms with Crippen LogP contribution in [0.4, 0.5) is 0 Å². The second-order valence-electron chi connectivity index (χ2n) is 6.31. The van der Waals surface area contributed by atoms with E-state index < -0.39 is 5.54 Å². The summed E-state index contributed by atoms with van der Waals surface area (Å²) in [5.41, 5.74) is 0.270. The van der Waals surface area contributed by atoms with Crippen molar-refractivity contribution in [2.24, 2.45) is 0 Å². The van der Waals surface area contributed by atoms with E-state index in [9.17, 15) is 5.11 Å². The van der Waals surface area contributed by atoms with E-state index in [0.29, 0.717) is 6.61 Å². The average Bonchev–Trinajstić information content (AvgIpc) is 2.34. The molecule has 0 radical (unpaired) electrons. The molecule has 0 aliphatic carbocycles. The molecule has 1 aromatic rings. The lowest BCUT2D eigenvalue weighted by molar-refractivity contribution is -0.0532. The van der Waals surface area contributed by atoms with Crippen molar-refractivity contribution in [3.63, 3.8) is 0 Å². The maximum atomic E-state index is 9.93. The van der Waals surface area contributed by atoms with Gasteiger partial charge in [0, 0.05) is 6.04 Å². The van der Waals surface area contributed by atoms with Crippen LogP contribution in [0.1, 0.15) is 40.2 Å². The third-order valence-electron chi connectivity index (χ3n) is 2.91. The van der Waals surface area contributed by atoms with E-state index in [2.05, 4.69) is 19.2 Å². The van der Waals surface area contributed by atoms with Crippen LogP contribution in [0.25, 0.3) is 0 Å². The molecule has 1 aromatic carbocycles. The molecule has 3 heteroatoms. The van der Waals surface area contributed by atoms with Gasteiger partial charge in [0.25, 0.3) is 0 Å². The zero-order chi connectivity index (χ0) is 14.5. The molecule has 1 atom stereocenters. The molecule has 0 aliphatic heterocycles. The summed E-state index contributed by atoms with van der Waals surface area (Å²) < 4.78 is 5.92. The van der Waals surface area contributed by atoms with E-state index in [1.54, 1.807) is 0 Å². The smallest absolute Gasteiger partial charge is 0.0908 e. The predicted octanol–water partition coefficient (Wildman–Crippen LogP) is 2.69. The van der Waals surface area contributed by atoms with Crippen LogP contribution in [-0.2, 0) is 10.3 Å². The van der Waals surface area contributed by atoms with E-state index in [1.807, 2.05) is 51.1 Å². The van der Waals surface area contributed by atoms with Crippen LogP contribution in [0.15, 0.2) is 30.3 Å². The molecule has 0 bridgehead atoms. The quantitative estimate of drug-likeness (QED) is 0.831. The Kier molecular flexibility index (Phi) is 5.53. The summed E-state index contributed by atoms with van der Waals surface area (Å²) in [4.78, 5) is 0. The van der Waals surface area contributed by atoms with Gasteiger partial charge in [-0.15, -0.1) is 0 Å². The first-order valence-corrected chi connectivity index (χ1v) is 6.87. The molecule has 0 aliphatic rings. The summed E-state index contributed by atoms with van der Waals surface area (Å²) in [7, 11) is 0. The summed E-state index contributed by atoms with van der Waals surface area (Å²) in [5, 5.41) is 13.4. The van der Waals surface area contributed by atoms with Crippen molar-refractivity contribution in [1.29, 1.82) is 0 Å². The van der Waals surface area contributed by atoms with E-state index in [-0.39, 0.29) is 18.2 Å². The fraction of sp³-hybridized carbons (Fsp3) is 0.625. The third kappa shape index (κ3) is 4.94. The van der Waals surface area contributed by atoms with Crippen LogP contribution in [0.3, 0.4) is 0 Å². The van der Waals surface area contributed by atoms with E-state index >= 15 is 0 Å². The Morgan fingerprint density at radius 2 is 1.74 bits per heavy atom. The minimum absolute atomic E-state index is 0.00523. The van der Waals surface area contributed by atoms with Crippen LogP contribution < -0.4 is 5.32 Å². The van der Waals surface area contributed by atoms with Crippen molar-refractivity contribution < 1.29 is 9.84 Å². The third-order valence-corrected chi connectivity index (χ3v) is 2.91. The Morgan fingerprint density at radius 1 is 1.16 bits per heavy atom. The Balaban J connectivity index is 3.01. The van der Waals surface area contributed by atoms with Crippen molar-refractivity contribution in [2.45, 2.75) is 51.8 Å². The van der Waals surface area contributed by atoms with Gasteiger partial charge in [-0.3, -0.25) is 0 Å². The molecule has 2 N–H and O–H groups in total. The number of rotatable bonds is 6. The van der Waals surface area contributed by atoms with Gasteiger partial charge < -0.3 is 15.2 Å². The van der Waals surface area contributed by atoms with Gasteiger partial charge in [0.1, 0.15) is 0 Å². The molecule has 0 spiro atoms. The number of ether oxygens (including phenoxy) is 1. The van der Waals surface area contributed by atoms with E-state index in [0.717, 1.165) is 5.56 Å². The molecule has 0 fully saturated rings. The summed E-state index contributed by atoms with van der Waals surface area (Å²) in [6.07, 6.45) is 0. The first-order valence-electron chi connectivity index (χ1n) is 6.87. The summed E-state index contributed by atoms with van der Waals surface area (Å²) in [6, 6.07) is 10.3. The number of hydrogen-bond donors (Lipinski definition) is 2. The second-order valence-corrected chi connectivity index (χ2v) is 6.31. The Bertz CT molecular complexity index is 370. The standard InChI is InChI=1S/C16H27NO2/c1-13(2)17-16(11-18,12-19-15(3,4)5)14-9-7-6-8-10-14/h6-10,13,17-18H,11-12H2,1-5H3. The van der Waals surface area contributed by atoms with Crippen molar-refractivity contribution in [1.82, 2.24) is 5.32 Å². The van der Waals surface area contributed by atoms with Crippen LogP contribution in [-0.4, -0.2) is 30.0 Å². The largest absolute Gasteiger partial charge is 0.394 e. The molecule has 108 valence electrons. The van der Waals surface area contributed by atoms with Crippen LogP contribution in [0.5, 0.6) is 0 Å². The molecule has 0 saturated heterocycles. The minimum Gasteiger partial charge on any atom is -0.394 e. The van der Waals surface area contributed by atoms with Gasteiger partial charge in [-0.25, -0.2) is 0 Å². The molecule has 0 heterocycles. The van der Waals surface area contributed by atoms with Crippen molar-refractivity contribution >= 4 is 0 Å². The fourth-order valence-electron chi connectivity index (χ4n) is 2.04. The van der Waals surface area contributed by atoms with Crippen molar-refractivity contribution in [3.8, 4) is 0 Å². The number of aliphatic hydroxyl groups excluding tert-OH is 1. The summed E-state index contributed by atoms with van der Waals surface area (Å²) in [5.74, 6) is 0. The molecule has 19 heavy (non-hydrogen) atoms. The lowest BCUT2D eigenvalue weighted by Crippen LogP contribution is -2.53. The Labute approximate surface area is 117 Å². The molecule has 0 saturated carbocycles. The average molecular weight is 265 g/mol. The normalized spacial score (nSPS) is 15.5. The molecule has 0 aromatic heterocycles. The lowest BCUT2D eigenvalue weighted by atomic mass is 9.90. The molecule has 1 rings (SSSR count). The highest BCUT2D eigenvalue weighted by molar-refractivity contribution is 5.25. The number of benzene rings is 1. The van der Waals surface area contributed by atoms with Gasteiger partial charge >= 0.3 is 0 Å². The second kappa shape index (κ2) is 6.51. The maximum Gasteiger partial charge on any atom is 0.0908 e. The predicted molar refractivity (Wildman–Crippen MR) is 79.2 cm³/mol. The van der Waals surface area contributed by atoms with Gasteiger partial charge in [-0.2, -0.15) is 0 Å². The molecule has 0 amide bonds. The van der Waals surface area contributed by atoms with Crippen LogP contribution in [0.2, 0.25) is 0 Å². The minimum atomic E-state index is -0.553. The highest BCUT2D eigenvalue weighted by Gasteiger charge is 2.33. The topological polar surface area (TPSA) is 41.5 Å². The van der Waals surface area contributed by atoms with Gasteiger partial charge in [0.05, 0.1) is 24.4 Å². The Morgan fingerprint density at radius 3 is 2.16 bits per heavy atom. The van der Waals surface area contributed by atoms with Gasteiger partial charge in [0.2, 0.25) is 0 Å². The molecular weight excluding hydrogens is 238 g/mol. The van der Waals surface area contributed by atoms with Gasteiger partial charge in [0.15, 0.2) is 0 Å². The lowest BCUT2D eigenvalue weighted by Gasteiger charge is -2.37. The first kappa shape index (κ1) is 16.2. The zero-order valence-electron chi connectivity index (χ0n) is 12.7. The van der Waals surface area contributed by atoms with Crippen molar-refractivity contribution in [2.75, 3.05) is 13.2 Å². The summed E-state index contributed by atoms with van der Waals surface area (Å²) >= 11 is 0. The van der Waals surface area contributed by atoms with E-state index in [1.165, 1.54) is 0 Å². The Hall–Kier alpha value is -0.900. The maximum absolute atomic E-state index is 9.93. The van der Waals surface area contributed by atoms with Gasteiger partial charge in [-0.05, 0) is 40.2 Å². The summed E-state index contributed by atoms with van der Waals surface area (Å²) in [6.45, 7) is 10.7. The number of aliphatic hydroxyl groups is 1. The van der Waals surface area contributed by atoms with Crippen LogP contribution >= 0.6 is 0 Å². The highest BCUT2D eigenvalue weighted by Crippen LogP contribution is 2.24. The molecule has 1 unspecified atom stereocenters. The molecular formula is C16H27NO2. The van der Waals surface area contributed by atoms with Crippen LogP contribution in [0, 0.1) is 0 Å². The number of nitrogens with one attached hydrogen (secondary N) is 1. The van der Waals surface area contributed by atoms with Gasteiger partial charge in [-0.1, -0.05) is 30.3 Å². The number of hydrogen-bond acceptors (Lipinski definition) is 3. The fourth-order valence-corrected chi connectivity index (χ4v) is 2.04. The highest BCUT2D eigenvalue weighted by atomic mass is 16.5.